The predicted octanol–water partition coefficient (Wildman–Crippen LogP) is 1.23. The fraction of sp³-hybridized carbons (Fsp3) is 0.333. The van der Waals surface area contributed by atoms with Gasteiger partial charge in [-0.05, 0) is 17.7 Å². The Labute approximate surface area is 92.6 Å². The van der Waals surface area contributed by atoms with Crippen molar-refractivity contribution < 1.29 is 13.2 Å². The second-order valence-electron chi connectivity index (χ2n) is 3.28. The summed E-state index contributed by atoms with van der Waals surface area (Å²) < 4.78 is 27.1. The highest BCUT2D eigenvalue weighted by atomic mass is 35.7. The lowest BCUT2D eigenvalue weighted by molar-refractivity contribution is 0.189. The first kappa shape index (κ1) is 10.9. The molecule has 0 amide bonds. The van der Waals surface area contributed by atoms with Gasteiger partial charge in [-0.1, -0.05) is 12.1 Å². The van der Waals surface area contributed by atoms with Gasteiger partial charge in [0.15, 0.2) is 0 Å². The van der Waals surface area contributed by atoms with Gasteiger partial charge in [0.25, 0.3) is 9.05 Å². The maximum absolute atomic E-state index is 11.0. The summed E-state index contributed by atoms with van der Waals surface area (Å²) in [5.41, 5.74) is 0.997. The summed E-state index contributed by atoms with van der Waals surface area (Å²) in [6.07, 6.45) is 0. The molecule has 1 aliphatic heterocycles. The van der Waals surface area contributed by atoms with E-state index in [2.05, 4.69) is 5.32 Å². The molecule has 1 heterocycles. The summed E-state index contributed by atoms with van der Waals surface area (Å²) in [6.45, 7) is 1.13. The number of ether oxygens (including phenoxy) is 1. The average Bonchev–Trinajstić information content (AvgIpc) is 2.69. The summed E-state index contributed by atoms with van der Waals surface area (Å²) in [6, 6.07) is 6.61. The largest absolute Gasteiger partial charge is 0.364 e. The van der Waals surface area contributed by atoms with Gasteiger partial charge in [-0.2, -0.15) is 0 Å². The first-order valence-electron chi connectivity index (χ1n) is 4.43. The Kier molecular flexibility index (Phi) is 2.97. The van der Waals surface area contributed by atoms with E-state index in [0.29, 0.717) is 13.3 Å². The zero-order valence-electron chi connectivity index (χ0n) is 7.81. The van der Waals surface area contributed by atoms with E-state index in [-0.39, 0.29) is 10.9 Å². The number of hydrogen-bond donors (Lipinski definition) is 1. The first-order valence-corrected chi connectivity index (χ1v) is 6.74. The van der Waals surface area contributed by atoms with Crippen LogP contribution in [0.1, 0.15) is 11.6 Å². The molecule has 0 bridgehead atoms. The Morgan fingerprint density at radius 1 is 1.33 bits per heavy atom. The topological polar surface area (TPSA) is 55.4 Å². The van der Waals surface area contributed by atoms with Gasteiger partial charge < -0.3 is 4.74 Å². The van der Waals surface area contributed by atoms with Gasteiger partial charge in [0.1, 0.15) is 0 Å². The summed E-state index contributed by atoms with van der Waals surface area (Å²) in [5, 5.41) is 3.13. The molecule has 6 heteroatoms. The van der Waals surface area contributed by atoms with Gasteiger partial charge in [-0.25, -0.2) is 8.42 Å². The van der Waals surface area contributed by atoms with Crippen LogP contribution in [0.2, 0.25) is 0 Å². The van der Waals surface area contributed by atoms with E-state index >= 15 is 0 Å². The Morgan fingerprint density at radius 3 is 2.47 bits per heavy atom. The Morgan fingerprint density at radius 2 is 2.00 bits per heavy atom. The van der Waals surface area contributed by atoms with Crippen LogP contribution in [-0.2, 0) is 13.8 Å². The monoisotopic (exact) mass is 247 g/mol. The molecule has 82 valence electrons. The molecule has 1 aromatic carbocycles. The maximum Gasteiger partial charge on any atom is 0.261 e. The van der Waals surface area contributed by atoms with E-state index < -0.39 is 9.05 Å². The molecule has 15 heavy (non-hydrogen) atoms. The van der Waals surface area contributed by atoms with Crippen LogP contribution in [0, 0.1) is 0 Å². The highest BCUT2D eigenvalue weighted by Gasteiger charge is 2.17. The maximum atomic E-state index is 11.0. The number of nitrogens with one attached hydrogen (secondary N) is 1. The molecule has 2 rings (SSSR count). The van der Waals surface area contributed by atoms with Crippen molar-refractivity contribution in [2.24, 2.45) is 0 Å². The highest BCUT2D eigenvalue weighted by molar-refractivity contribution is 8.13. The summed E-state index contributed by atoms with van der Waals surface area (Å²) in [4.78, 5) is 0.117. The minimum Gasteiger partial charge on any atom is -0.364 e. The first-order chi connectivity index (χ1) is 7.07. The zero-order valence-corrected chi connectivity index (χ0v) is 9.38. The van der Waals surface area contributed by atoms with Crippen molar-refractivity contribution in [3.8, 4) is 0 Å². The minimum atomic E-state index is -3.62. The number of hydrogen-bond acceptors (Lipinski definition) is 4. The number of benzene rings is 1. The minimum absolute atomic E-state index is 0.117. The lowest BCUT2D eigenvalue weighted by Crippen LogP contribution is -2.14. The molecule has 0 aromatic heterocycles. The van der Waals surface area contributed by atoms with Crippen molar-refractivity contribution in [1.82, 2.24) is 5.32 Å². The van der Waals surface area contributed by atoms with Crippen molar-refractivity contribution in [2.75, 3.05) is 13.3 Å². The van der Waals surface area contributed by atoms with Gasteiger partial charge in [-0.15, -0.1) is 0 Å². The van der Waals surface area contributed by atoms with Crippen molar-refractivity contribution in [1.29, 1.82) is 0 Å². The normalized spacial score (nSPS) is 21.8. The van der Waals surface area contributed by atoms with Crippen LogP contribution in [0.4, 0.5) is 0 Å². The molecular weight excluding hydrogens is 238 g/mol. The van der Waals surface area contributed by atoms with Gasteiger partial charge in [0, 0.05) is 10.7 Å². The van der Waals surface area contributed by atoms with E-state index in [1.807, 2.05) is 0 Å². The molecule has 1 atom stereocenters. The quantitative estimate of drug-likeness (QED) is 0.799. The molecule has 1 N–H and O–H groups in total. The lowest BCUT2D eigenvalue weighted by atomic mass is 10.1. The zero-order chi connectivity index (χ0) is 10.9. The molecule has 1 unspecified atom stereocenters. The van der Waals surface area contributed by atoms with Crippen molar-refractivity contribution in [2.45, 2.75) is 10.9 Å². The molecule has 1 aromatic rings. The molecule has 1 aliphatic rings. The van der Waals surface area contributed by atoms with E-state index in [0.717, 1.165) is 5.56 Å². The third-order valence-corrected chi connectivity index (χ3v) is 3.65. The second-order valence-corrected chi connectivity index (χ2v) is 5.84. The molecular formula is C9H10ClNO3S. The predicted molar refractivity (Wildman–Crippen MR) is 56.2 cm³/mol. The smallest absolute Gasteiger partial charge is 0.261 e. The fourth-order valence-electron chi connectivity index (χ4n) is 1.47. The third-order valence-electron chi connectivity index (χ3n) is 2.28. The summed E-state index contributed by atoms with van der Waals surface area (Å²) >= 11 is 0. The van der Waals surface area contributed by atoms with E-state index in [9.17, 15) is 8.42 Å². The molecule has 1 fully saturated rings. The molecule has 4 nitrogen and oxygen atoms in total. The average molecular weight is 248 g/mol. The fourth-order valence-corrected chi connectivity index (χ4v) is 2.24. The van der Waals surface area contributed by atoms with E-state index in [1.54, 1.807) is 12.1 Å². The Hall–Kier alpha value is -0.620. The van der Waals surface area contributed by atoms with Crippen molar-refractivity contribution in [3.05, 3.63) is 29.8 Å². The second kappa shape index (κ2) is 4.09. The molecule has 1 saturated heterocycles. The SMILES string of the molecule is O=S(=O)(Cl)c1ccc(C2COCN2)cc1. The number of halogens is 1. The summed E-state index contributed by atoms with van der Waals surface area (Å²) in [5.74, 6) is 0. The van der Waals surface area contributed by atoms with Crippen LogP contribution in [0.5, 0.6) is 0 Å². The Balaban J connectivity index is 2.24. The van der Waals surface area contributed by atoms with Crippen LogP contribution >= 0.6 is 10.7 Å². The highest BCUT2D eigenvalue weighted by Crippen LogP contribution is 2.20. The molecule has 0 radical (unpaired) electrons. The van der Waals surface area contributed by atoms with Crippen LogP contribution in [0.15, 0.2) is 29.2 Å². The van der Waals surface area contributed by atoms with E-state index in [1.165, 1.54) is 12.1 Å². The van der Waals surface area contributed by atoms with E-state index in [4.69, 9.17) is 15.4 Å². The third kappa shape index (κ3) is 2.49. The van der Waals surface area contributed by atoms with Crippen LogP contribution in [-0.4, -0.2) is 21.8 Å². The van der Waals surface area contributed by atoms with Crippen molar-refractivity contribution in [3.63, 3.8) is 0 Å². The van der Waals surface area contributed by atoms with Crippen LogP contribution < -0.4 is 5.32 Å². The van der Waals surface area contributed by atoms with Crippen molar-refractivity contribution >= 4 is 19.7 Å². The number of rotatable bonds is 2. The van der Waals surface area contributed by atoms with Crippen LogP contribution in [0.25, 0.3) is 0 Å². The van der Waals surface area contributed by atoms with Gasteiger partial charge in [0.2, 0.25) is 0 Å². The molecule has 0 aliphatic carbocycles. The standard InChI is InChI=1S/C9H10ClNO3S/c10-15(12,13)8-3-1-7(2-4-8)9-5-14-6-11-9/h1-4,9,11H,5-6H2. The molecule has 0 spiro atoms. The van der Waals surface area contributed by atoms with Crippen LogP contribution in [0.3, 0.4) is 0 Å². The molecule has 0 saturated carbocycles. The lowest BCUT2D eigenvalue weighted by Gasteiger charge is -2.08. The van der Waals surface area contributed by atoms with Gasteiger partial charge >= 0.3 is 0 Å². The summed E-state index contributed by atoms with van der Waals surface area (Å²) in [7, 11) is 1.58. The van der Waals surface area contributed by atoms with Gasteiger partial charge in [0.05, 0.1) is 24.3 Å². The Bertz CT molecular complexity index is 437. The van der Waals surface area contributed by atoms with Gasteiger partial charge in [-0.3, -0.25) is 5.32 Å².